The summed E-state index contributed by atoms with van der Waals surface area (Å²) in [5, 5.41) is 5.67. The van der Waals surface area contributed by atoms with E-state index in [1.54, 1.807) is 29.8 Å². The van der Waals surface area contributed by atoms with E-state index in [0.29, 0.717) is 0 Å². The molecule has 0 bridgehead atoms. The number of hydrogen-bond donors (Lipinski definition) is 2. The third-order valence-electron chi connectivity index (χ3n) is 3.97. The van der Waals surface area contributed by atoms with Gasteiger partial charge in [-0.3, -0.25) is 9.52 Å². The van der Waals surface area contributed by atoms with Gasteiger partial charge in [0.2, 0.25) is 0 Å². The monoisotopic (exact) mass is 413 g/mol. The lowest BCUT2D eigenvalue weighted by Gasteiger charge is -2.10. The van der Waals surface area contributed by atoms with E-state index < -0.39 is 15.9 Å². The number of amides is 1. The van der Waals surface area contributed by atoms with Gasteiger partial charge >= 0.3 is 0 Å². The Balaban J connectivity index is 1.77. The van der Waals surface area contributed by atoms with Crippen molar-refractivity contribution in [2.45, 2.75) is 18.1 Å². The van der Waals surface area contributed by atoms with Crippen LogP contribution in [0.15, 0.2) is 69.3 Å². The standard InChI is InChI=1S/C20H19N3O3S2/c1-14-9-10-16(15(2)12-14)13-21-22-20(24)17-6-3-4-7-18(17)23-28(25,26)19-8-5-11-27-19/h3-13,23H,1-2H3,(H,22,24)/b21-13-. The van der Waals surface area contributed by atoms with Gasteiger partial charge in [0.15, 0.2) is 0 Å². The SMILES string of the molecule is Cc1ccc(/C=N\NC(=O)c2ccccc2NS(=O)(=O)c2cccs2)c(C)c1. The van der Waals surface area contributed by atoms with E-state index in [0.717, 1.165) is 28.0 Å². The molecule has 0 aliphatic carbocycles. The highest BCUT2D eigenvalue weighted by Crippen LogP contribution is 2.22. The van der Waals surface area contributed by atoms with Crippen LogP contribution in [0.25, 0.3) is 0 Å². The first-order valence-corrected chi connectivity index (χ1v) is 10.8. The number of rotatable bonds is 6. The molecule has 2 aromatic carbocycles. The normalized spacial score (nSPS) is 11.5. The van der Waals surface area contributed by atoms with Crippen LogP contribution < -0.4 is 10.1 Å². The molecule has 0 aliphatic heterocycles. The molecular formula is C20H19N3O3S2. The molecule has 1 heterocycles. The van der Waals surface area contributed by atoms with E-state index in [9.17, 15) is 13.2 Å². The summed E-state index contributed by atoms with van der Waals surface area (Å²) in [6.07, 6.45) is 1.56. The molecule has 8 heteroatoms. The van der Waals surface area contributed by atoms with Crippen LogP contribution in [-0.4, -0.2) is 20.5 Å². The van der Waals surface area contributed by atoms with Crippen molar-refractivity contribution in [1.82, 2.24) is 5.43 Å². The fraction of sp³-hybridized carbons (Fsp3) is 0.100. The minimum atomic E-state index is -3.75. The molecule has 0 fully saturated rings. The van der Waals surface area contributed by atoms with E-state index in [1.165, 1.54) is 18.2 Å². The molecule has 1 aromatic heterocycles. The van der Waals surface area contributed by atoms with Crippen molar-refractivity contribution in [3.8, 4) is 0 Å². The number of hydrogen-bond acceptors (Lipinski definition) is 5. The Kier molecular flexibility index (Phi) is 5.91. The fourth-order valence-electron chi connectivity index (χ4n) is 2.57. The number of para-hydroxylation sites is 1. The molecule has 0 aliphatic rings. The zero-order valence-corrected chi connectivity index (χ0v) is 17.0. The van der Waals surface area contributed by atoms with Crippen molar-refractivity contribution >= 4 is 39.2 Å². The molecule has 0 saturated carbocycles. The zero-order chi connectivity index (χ0) is 20.1. The molecule has 1 amide bonds. The Morgan fingerprint density at radius 1 is 1.07 bits per heavy atom. The first-order chi connectivity index (χ1) is 13.4. The Labute approximate surface area is 168 Å². The van der Waals surface area contributed by atoms with Crippen LogP contribution in [0.1, 0.15) is 27.0 Å². The molecule has 0 saturated heterocycles. The van der Waals surface area contributed by atoms with Crippen LogP contribution in [0.4, 0.5) is 5.69 Å². The van der Waals surface area contributed by atoms with E-state index in [2.05, 4.69) is 15.2 Å². The predicted octanol–water partition coefficient (Wildman–Crippen LogP) is 3.93. The molecule has 2 N–H and O–H groups in total. The second kappa shape index (κ2) is 8.37. The molecule has 144 valence electrons. The minimum Gasteiger partial charge on any atom is -0.278 e. The average molecular weight is 414 g/mol. The van der Waals surface area contributed by atoms with Crippen molar-refractivity contribution in [2.24, 2.45) is 5.10 Å². The van der Waals surface area contributed by atoms with E-state index in [1.807, 2.05) is 32.0 Å². The van der Waals surface area contributed by atoms with Gasteiger partial charge in [-0.25, -0.2) is 13.8 Å². The van der Waals surface area contributed by atoms with Crippen LogP contribution in [0.3, 0.4) is 0 Å². The van der Waals surface area contributed by atoms with Gasteiger partial charge in [0.05, 0.1) is 17.5 Å². The number of aryl methyl sites for hydroxylation is 2. The number of nitrogens with zero attached hydrogens (tertiary/aromatic N) is 1. The Hall–Kier alpha value is -2.97. The Morgan fingerprint density at radius 3 is 2.57 bits per heavy atom. The van der Waals surface area contributed by atoms with Gasteiger partial charge in [0.25, 0.3) is 15.9 Å². The summed E-state index contributed by atoms with van der Waals surface area (Å²) in [6, 6.07) is 15.4. The van der Waals surface area contributed by atoms with Crippen LogP contribution in [-0.2, 0) is 10.0 Å². The molecule has 0 atom stereocenters. The summed E-state index contributed by atoms with van der Waals surface area (Å²) >= 11 is 1.10. The first-order valence-electron chi connectivity index (χ1n) is 8.43. The van der Waals surface area contributed by atoms with Crippen molar-refractivity contribution in [1.29, 1.82) is 0 Å². The second-order valence-corrected chi connectivity index (χ2v) is 9.00. The number of anilines is 1. The Morgan fingerprint density at radius 2 is 1.86 bits per heavy atom. The third kappa shape index (κ3) is 4.65. The Bertz CT molecular complexity index is 1120. The number of nitrogens with one attached hydrogen (secondary N) is 2. The summed E-state index contributed by atoms with van der Waals surface area (Å²) in [5.74, 6) is -0.509. The van der Waals surface area contributed by atoms with Gasteiger partial charge in [-0.1, -0.05) is 42.0 Å². The maximum Gasteiger partial charge on any atom is 0.273 e. The second-order valence-electron chi connectivity index (χ2n) is 6.14. The molecule has 0 unspecified atom stereocenters. The minimum absolute atomic E-state index is 0.176. The molecule has 0 spiro atoms. The number of hydrazone groups is 1. The quantitative estimate of drug-likeness (QED) is 0.474. The summed E-state index contributed by atoms with van der Waals surface area (Å²) in [6.45, 7) is 3.97. The largest absolute Gasteiger partial charge is 0.278 e. The number of sulfonamides is 1. The lowest BCUT2D eigenvalue weighted by Crippen LogP contribution is -2.21. The smallest absolute Gasteiger partial charge is 0.273 e. The van der Waals surface area contributed by atoms with Crippen molar-refractivity contribution in [2.75, 3.05) is 4.72 Å². The van der Waals surface area contributed by atoms with Crippen LogP contribution >= 0.6 is 11.3 Å². The number of carbonyl (C=O) groups is 1. The van der Waals surface area contributed by atoms with Crippen molar-refractivity contribution < 1.29 is 13.2 Å². The molecular weight excluding hydrogens is 394 g/mol. The topological polar surface area (TPSA) is 87.6 Å². The van der Waals surface area contributed by atoms with E-state index in [-0.39, 0.29) is 15.5 Å². The van der Waals surface area contributed by atoms with Gasteiger partial charge in [-0.15, -0.1) is 11.3 Å². The maximum atomic E-state index is 12.5. The molecule has 3 aromatic rings. The van der Waals surface area contributed by atoms with Gasteiger partial charge in [0, 0.05) is 0 Å². The van der Waals surface area contributed by atoms with E-state index >= 15 is 0 Å². The highest BCUT2D eigenvalue weighted by atomic mass is 32.2. The number of benzene rings is 2. The molecule has 28 heavy (non-hydrogen) atoms. The van der Waals surface area contributed by atoms with Crippen LogP contribution in [0, 0.1) is 13.8 Å². The maximum absolute atomic E-state index is 12.5. The van der Waals surface area contributed by atoms with Gasteiger partial charge in [0.1, 0.15) is 4.21 Å². The van der Waals surface area contributed by atoms with E-state index in [4.69, 9.17) is 0 Å². The molecule has 0 radical (unpaired) electrons. The van der Waals surface area contributed by atoms with Crippen LogP contribution in [0.5, 0.6) is 0 Å². The number of carbonyl (C=O) groups excluding carboxylic acids is 1. The summed E-state index contributed by atoms with van der Waals surface area (Å²) in [5.41, 5.74) is 5.89. The van der Waals surface area contributed by atoms with Gasteiger partial charge in [-0.05, 0) is 48.6 Å². The summed E-state index contributed by atoms with van der Waals surface area (Å²) in [4.78, 5) is 12.5. The highest BCUT2D eigenvalue weighted by molar-refractivity contribution is 7.94. The first kappa shape index (κ1) is 19.8. The molecule has 3 rings (SSSR count). The summed E-state index contributed by atoms with van der Waals surface area (Å²) in [7, 11) is -3.75. The fourth-order valence-corrected chi connectivity index (χ4v) is 4.65. The predicted molar refractivity (Wildman–Crippen MR) is 113 cm³/mol. The zero-order valence-electron chi connectivity index (χ0n) is 15.3. The average Bonchev–Trinajstić information content (AvgIpc) is 3.19. The van der Waals surface area contributed by atoms with Crippen molar-refractivity contribution in [3.63, 3.8) is 0 Å². The highest BCUT2D eigenvalue weighted by Gasteiger charge is 2.19. The summed E-state index contributed by atoms with van der Waals surface area (Å²) < 4.78 is 27.5. The third-order valence-corrected chi connectivity index (χ3v) is 6.73. The molecule has 6 nitrogen and oxygen atoms in total. The lowest BCUT2D eigenvalue weighted by atomic mass is 10.1. The van der Waals surface area contributed by atoms with Crippen molar-refractivity contribution in [3.05, 3.63) is 82.2 Å². The number of thiophene rings is 1. The van der Waals surface area contributed by atoms with Gasteiger partial charge < -0.3 is 0 Å². The van der Waals surface area contributed by atoms with Crippen LogP contribution in [0.2, 0.25) is 0 Å². The van der Waals surface area contributed by atoms with Gasteiger partial charge in [-0.2, -0.15) is 5.10 Å². The lowest BCUT2D eigenvalue weighted by molar-refractivity contribution is 0.0956.